The van der Waals surface area contributed by atoms with E-state index in [4.69, 9.17) is 0 Å². The molecule has 2 rings (SSSR count). The lowest BCUT2D eigenvalue weighted by Crippen LogP contribution is -2.09. The molecule has 0 amide bonds. The van der Waals surface area contributed by atoms with Crippen LogP contribution in [0.25, 0.3) is 11.3 Å². The molecule has 18 heavy (non-hydrogen) atoms. The third kappa shape index (κ3) is 2.65. The topological polar surface area (TPSA) is 68.1 Å². The summed E-state index contributed by atoms with van der Waals surface area (Å²) in [5.41, 5.74) is 1.27. The van der Waals surface area contributed by atoms with Gasteiger partial charge < -0.3 is 5.32 Å². The number of para-hydroxylation sites is 1. The lowest BCUT2D eigenvalue weighted by atomic mass is 10.1. The van der Waals surface area contributed by atoms with Crippen LogP contribution in [-0.2, 0) is 0 Å². The number of thiazole rings is 1. The quantitative estimate of drug-likeness (QED) is 0.676. The van der Waals surface area contributed by atoms with Crippen LogP contribution in [0.4, 0.5) is 10.8 Å². The second kappa shape index (κ2) is 5.14. The number of hydrogen-bond donors (Lipinski definition) is 1. The number of aromatic nitrogens is 1. The van der Waals surface area contributed by atoms with Crippen LogP contribution in [-0.4, -0.2) is 15.9 Å². The van der Waals surface area contributed by atoms with Gasteiger partial charge in [0.05, 0.1) is 16.2 Å². The fraction of sp³-hybridized carbons (Fsp3) is 0.250. The molecule has 5 nitrogen and oxygen atoms in total. The molecule has 94 valence electrons. The van der Waals surface area contributed by atoms with Crippen LogP contribution in [0.15, 0.2) is 29.6 Å². The van der Waals surface area contributed by atoms with Crippen LogP contribution in [0.1, 0.15) is 13.8 Å². The van der Waals surface area contributed by atoms with E-state index in [-0.39, 0.29) is 16.7 Å². The van der Waals surface area contributed by atoms with Crippen molar-refractivity contribution in [2.75, 3.05) is 5.32 Å². The van der Waals surface area contributed by atoms with E-state index >= 15 is 0 Å². The number of nitro benzene ring substituents is 1. The Morgan fingerprint density at radius 3 is 2.78 bits per heavy atom. The van der Waals surface area contributed by atoms with E-state index in [1.54, 1.807) is 18.2 Å². The largest absolute Gasteiger partial charge is 0.359 e. The standard InChI is InChI=1S/C12H13N3O2S/c1-8(2)13-12-14-10(7-18-12)9-5-3-4-6-11(9)15(16)17/h3-8H,1-2H3,(H,13,14). The zero-order valence-corrected chi connectivity index (χ0v) is 10.9. The van der Waals surface area contributed by atoms with Crippen LogP contribution in [0.5, 0.6) is 0 Å². The van der Waals surface area contributed by atoms with Gasteiger partial charge in [-0.3, -0.25) is 10.1 Å². The van der Waals surface area contributed by atoms with Crippen LogP contribution in [0.3, 0.4) is 0 Å². The van der Waals surface area contributed by atoms with Gasteiger partial charge in [0.2, 0.25) is 0 Å². The average molecular weight is 263 g/mol. The highest BCUT2D eigenvalue weighted by atomic mass is 32.1. The molecule has 0 bridgehead atoms. The summed E-state index contributed by atoms with van der Waals surface area (Å²) in [5.74, 6) is 0. The molecule has 1 N–H and O–H groups in total. The molecule has 0 unspecified atom stereocenters. The fourth-order valence-electron chi connectivity index (χ4n) is 1.56. The van der Waals surface area contributed by atoms with Gasteiger partial charge in [0.15, 0.2) is 5.13 Å². The van der Waals surface area contributed by atoms with E-state index < -0.39 is 0 Å². The van der Waals surface area contributed by atoms with E-state index in [9.17, 15) is 10.1 Å². The average Bonchev–Trinajstić information content (AvgIpc) is 2.76. The van der Waals surface area contributed by atoms with Gasteiger partial charge in [-0.15, -0.1) is 11.3 Å². The molecular weight excluding hydrogens is 250 g/mol. The molecule has 0 fully saturated rings. The van der Waals surface area contributed by atoms with Crippen LogP contribution in [0, 0.1) is 10.1 Å². The van der Waals surface area contributed by atoms with Gasteiger partial charge in [0, 0.05) is 17.5 Å². The minimum atomic E-state index is -0.385. The maximum absolute atomic E-state index is 10.9. The van der Waals surface area contributed by atoms with Gasteiger partial charge in [0.1, 0.15) is 0 Å². The first-order valence-corrected chi connectivity index (χ1v) is 6.41. The van der Waals surface area contributed by atoms with Gasteiger partial charge in [-0.2, -0.15) is 0 Å². The van der Waals surface area contributed by atoms with Crippen molar-refractivity contribution in [1.82, 2.24) is 4.98 Å². The highest BCUT2D eigenvalue weighted by molar-refractivity contribution is 7.14. The Morgan fingerprint density at radius 1 is 1.39 bits per heavy atom. The Morgan fingerprint density at radius 2 is 2.11 bits per heavy atom. The van der Waals surface area contributed by atoms with Crippen molar-refractivity contribution in [3.63, 3.8) is 0 Å². The zero-order valence-electron chi connectivity index (χ0n) is 10.1. The first-order valence-electron chi connectivity index (χ1n) is 5.54. The molecule has 0 radical (unpaired) electrons. The highest BCUT2D eigenvalue weighted by Gasteiger charge is 2.16. The maximum atomic E-state index is 10.9. The zero-order chi connectivity index (χ0) is 13.1. The third-order valence-electron chi connectivity index (χ3n) is 2.29. The maximum Gasteiger partial charge on any atom is 0.278 e. The second-order valence-electron chi connectivity index (χ2n) is 4.11. The number of anilines is 1. The van der Waals surface area contributed by atoms with Crippen LogP contribution >= 0.6 is 11.3 Å². The predicted octanol–water partition coefficient (Wildman–Crippen LogP) is 3.54. The van der Waals surface area contributed by atoms with Crippen LogP contribution < -0.4 is 5.32 Å². The van der Waals surface area contributed by atoms with Crippen molar-refractivity contribution in [2.45, 2.75) is 19.9 Å². The van der Waals surface area contributed by atoms with Gasteiger partial charge in [0.25, 0.3) is 5.69 Å². The van der Waals surface area contributed by atoms with E-state index in [1.807, 2.05) is 19.2 Å². The lowest BCUT2D eigenvalue weighted by Gasteiger charge is -2.04. The number of nitrogens with one attached hydrogen (secondary N) is 1. The van der Waals surface area contributed by atoms with Gasteiger partial charge in [-0.1, -0.05) is 12.1 Å². The summed E-state index contributed by atoms with van der Waals surface area (Å²) in [4.78, 5) is 14.9. The van der Waals surface area contributed by atoms with Gasteiger partial charge in [-0.25, -0.2) is 4.98 Å². The summed E-state index contributed by atoms with van der Waals surface area (Å²) >= 11 is 1.45. The second-order valence-corrected chi connectivity index (χ2v) is 4.97. The smallest absolute Gasteiger partial charge is 0.278 e. The molecule has 1 heterocycles. The summed E-state index contributed by atoms with van der Waals surface area (Å²) in [6, 6.07) is 6.92. The summed E-state index contributed by atoms with van der Waals surface area (Å²) < 4.78 is 0. The predicted molar refractivity (Wildman–Crippen MR) is 73.0 cm³/mol. The fourth-order valence-corrected chi connectivity index (χ4v) is 2.42. The number of nitro groups is 1. The molecule has 0 aliphatic carbocycles. The summed E-state index contributed by atoms with van der Waals surface area (Å²) in [6.07, 6.45) is 0. The van der Waals surface area contributed by atoms with Crippen molar-refractivity contribution < 1.29 is 4.92 Å². The van der Waals surface area contributed by atoms with E-state index in [0.717, 1.165) is 5.13 Å². The molecular formula is C12H13N3O2S. The Balaban J connectivity index is 2.37. The molecule has 0 saturated heterocycles. The molecule has 0 saturated carbocycles. The third-order valence-corrected chi connectivity index (χ3v) is 3.07. The van der Waals surface area contributed by atoms with Crippen molar-refractivity contribution in [3.8, 4) is 11.3 Å². The highest BCUT2D eigenvalue weighted by Crippen LogP contribution is 2.31. The molecule has 0 spiro atoms. The van der Waals surface area contributed by atoms with Crippen molar-refractivity contribution in [3.05, 3.63) is 39.8 Å². The number of nitrogens with zero attached hydrogens (tertiary/aromatic N) is 2. The first kappa shape index (κ1) is 12.5. The number of hydrogen-bond acceptors (Lipinski definition) is 5. The molecule has 2 aromatic rings. The van der Waals surface area contributed by atoms with Crippen LogP contribution in [0.2, 0.25) is 0 Å². The Kier molecular flexibility index (Phi) is 3.57. The number of rotatable bonds is 4. The van der Waals surface area contributed by atoms with Gasteiger partial charge in [-0.05, 0) is 19.9 Å². The molecule has 1 aromatic carbocycles. The molecule has 6 heteroatoms. The molecule has 0 aliphatic heterocycles. The molecule has 0 aliphatic rings. The van der Waals surface area contributed by atoms with Gasteiger partial charge >= 0.3 is 0 Å². The van der Waals surface area contributed by atoms with Crippen molar-refractivity contribution in [2.24, 2.45) is 0 Å². The summed E-state index contributed by atoms with van der Waals surface area (Å²) in [6.45, 7) is 4.04. The lowest BCUT2D eigenvalue weighted by molar-refractivity contribution is -0.384. The monoisotopic (exact) mass is 263 g/mol. The first-order chi connectivity index (χ1) is 8.58. The van der Waals surface area contributed by atoms with E-state index in [2.05, 4.69) is 10.3 Å². The minimum absolute atomic E-state index is 0.0823. The minimum Gasteiger partial charge on any atom is -0.359 e. The molecule has 1 aromatic heterocycles. The number of benzene rings is 1. The van der Waals surface area contributed by atoms with E-state index in [1.165, 1.54) is 17.4 Å². The normalized spacial score (nSPS) is 10.6. The van der Waals surface area contributed by atoms with Crippen molar-refractivity contribution >= 4 is 22.2 Å². The Labute approximate surface area is 109 Å². The summed E-state index contributed by atoms with van der Waals surface area (Å²) in [5, 5.41) is 16.7. The SMILES string of the molecule is CC(C)Nc1nc(-c2ccccc2[N+](=O)[O-])cs1. The molecule has 0 atom stereocenters. The van der Waals surface area contributed by atoms with Crippen molar-refractivity contribution in [1.29, 1.82) is 0 Å². The Hall–Kier alpha value is -1.95. The summed E-state index contributed by atoms with van der Waals surface area (Å²) in [7, 11) is 0. The Bertz CT molecular complexity index is 566. The van der Waals surface area contributed by atoms with E-state index in [0.29, 0.717) is 11.3 Å².